The summed E-state index contributed by atoms with van der Waals surface area (Å²) in [5.74, 6) is 0.570. The highest BCUT2D eigenvalue weighted by molar-refractivity contribution is 6.30. The zero-order chi connectivity index (χ0) is 14.0. The fourth-order valence-corrected chi connectivity index (χ4v) is 1.90. The number of halogens is 1. The average Bonchev–Trinajstić information content (AvgIpc) is 2.37. The summed E-state index contributed by atoms with van der Waals surface area (Å²) in [6, 6.07) is 5.33. The molecule has 0 atom stereocenters. The number of carbonyl (C=O) groups is 1. The molecular formula is C14H17ClN2O2. The molecule has 0 saturated heterocycles. The van der Waals surface area contributed by atoms with Crippen molar-refractivity contribution in [1.29, 1.82) is 0 Å². The van der Waals surface area contributed by atoms with Crippen LogP contribution in [0.25, 0.3) is 6.08 Å². The summed E-state index contributed by atoms with van der Waals surface area (Å²) < 4.78 is 5.54. The Bertz CT molecular complexity index is 538. The van der Waals surface area contributed by atoms with Crippen LogP contribution in [0.2, 0.25) is 5.02 Å². The number of fused-ring (bicyclic) bond motifs is 1. The van der Waals surface area contributed by atoms with Gasteiger partial charge in [-0.3, -0.25) is 4.79 Å². The Balaban J connectivity index is 2.21. The largest absolute Gasteiger partial charge is 0.488 e. The molecule has 1 aliphatic rings. The molecule has 0 saturated carbocycles. The lowest BCUT2D eigenvalue weighted by molar-refractivity contribution is -0.119. The lowest BCUT2D eigenvalue weighted by Gasteiger charge is -2.26. The van der Waals surface area contributed by atoms with E-state index in [1.807, 2.05) is 13.8 Å². The Kier molecular flexibility index (Phi) is 3.83. The minimum atomic E-state index is -0.438. The van der Waals surface area contributed by atoms with Crippen molar-refractivity contribution < 1.29 is 9.53 Å². The molecule has 19 heavy (non-hydrogen) atoms. The van der Waals surface area contributed by atoms with Crippen molar-refractivity contribution in [2.45, 2.75) is 19.4 Å². The second kappa shape index (κ2) is 5.23. The van der Waals surface area contributed by atoms with Gasteiger partial charge in [0.2, 0.25) is 0 Å². The van der Waals surface area contributed by atoms with Crippen molar-refractivity contribution in [3.8, 4) is 5.75 Å². The van der Waals surface area contributed by atoms with Crippen LogP contribution in [-0.2, 0) is 4.79 Å². The molecule has 1 amide bonds. The smallest absolute Gasteiger partial charge is 0.251 e. The molecule has 0 aliphatic carbocycles. The fraction of sp³-hybridized carbons (Fsp3) is 0.357. The van der Waals surface area contributed by atoms with Gasteiger partial charge >= 0.3 is 0 Å². The molecule has 0 aromatic heterocycles. The molecule has 1 aromatic rings. The highest BCUT2D eigenvalue weighted by atomic mass is 35.5. The van der Waals surface area contributed by atoms with Crippen LogP contribution in [0.15, 0.2) is 23.8 Å². The third-order valence-corrected chi connectivity index (χ3v) is 3.17. The molecule has 0 radical (unpaired) electrons. The van der Waals surface area contributed by atoms with Crippen molar-refractivity contribution >= 4 is 23.6 Å². The first-order valence-corrected chi connectivity index (χ1v) is 6.44. The molecular weight excluding hydrogens is 264 g/mol. The Morgan fingerprint density at radius 3 is 2.95 bits per heavy atom. The van der Waals surface area contributed by atoms with E-state index in [9.17, 15) is 4.79 Å². The number of rotatable bonds is 3. The van der Waals surface area contributed by atoms with Gasteiger partial charge < -0.3 is 15.8 Å². The Morgan fingerprint density at radius 1 is 1.53 bits per heavy atom. The topological polar surface area (TPSA) is 64.3 Å². The number of nitrogens with one attached hydrogen (secondary N) is 1. The van der Waals surface area contributed by atoms with Crippen molar-refractivity contribution in [1.82, 2.24) is 5.32 Å². The summed E-state index contributed by atoms with van der Waals surface area (Å²) in [5.41, 5.74) is 6.54. The zero-order valence-electron chi connectivity index (χ0n) is 11.0. The Hall–Kier alpha value is -1.52. The number of benzene rings is 1. The van der Waals surface area contributed by atoms with Crippen LogP contribution < -0.4 is 15.8 Å². The number of amides is 1. The van der Waals surface area contributed by atoms with Crippen LogP contribution in [0.1, 0.15) is 19.4 Å². The van der Waals surface area contributed by atoms with E-state index in [1.54, 1.807) is 24.3 Å². The van der Waals surface area contributed by atoms with Gasteiger partial charge in [0.05, 0.1) is 5.57 Å². The predicted molar refractivity (Wildman–Crippen MR) is 76.2 cm³/mol. The van der Waals surface area contributed by atoms with E-state index >= 15 is 0 Å². The first kappa shape index (κ1) is 13.9. The van der Waals surface area contributed by atoms with Gasteiger partial charge in [-0.05, 0) is 38.1 Å². The molecule has 0 unspecified atom stereocenters. The second-order valence-electron chi connectivity index (χ2n) is 5.18. The van der Waals surface area contributed by atoms with Gasteiger partial charge in [-0.25, -0.2) is 0 Å². The van der Waals surface area contributed by atoms with E-state index in [2.05, 4.69) is 5.32 Å². The number of nitrogens with two attached hydrogens (primary N) is 1. The van der Waals surface area contributed by atoms with E-state index in [4.69, 9.17) is 22.1 Å². The summed E-state index contributed by atoms with van der Waals surface area (Å²) in [4.78, 5) is 12.1. The number of hydrogen-bond acceptors (Lipinski definition) is 3. The van der Waals surface area contributed by atoms with Crippen LogP contribution in [0.5, 0.6) is 5.75 Å². The minimum absolute atomic E-state index is 0.166. The van der Waals surface area contributed by atoms with E-state index < -0.39 is 5.54 Å². The molecule has 102 valence electrons. The van der Waals surface area contributed by atoms with Gasteiger partial charge in [-0.2, -0.15) is 0 Å². The highest BCUT2D eigenvalue weighted by Crippen LogP contribution is 2.29. The molecule has 4 nitrogen and oxygen atoms in total. The summed E-state index contributed by atoms with van der Waals surface area (Å²) >= 11 is 5.93. The number of ether oxygens (including phenoxy) is 1. The maximum absolute atomic E-state index is 12.1. The lowest BCUT2D eigenvalue weighted by atomic mass is 10.0. The van der Waals surface area contributed by atoms with E-state index in [1.165, 1.54) is 0 Å². The molecule has 1 heterocycles. The second-order valence-corrected chi connectivity index (χ2v) is 5.62. The molecule has 5 heteroatoms. The van der Waals surface area contributed by atoms with E-state index in [-0.39, 0.29) is 12.5 Å². The van der Waals surface area contributed by atoms with E-state index in [0.717, 1.165) is 11.3 Å². The summed E-state index contributed by atoms with van der Waals surface area (Å²) in [6.45, 7) is 4.37. The molecule has 0 fully saturated rings. The zero-order valence-corrected chi connectivity index (χ0v) is 11.8. The summed E-state index contributed by atoms with van der Waals surface area (Å²) in [6.07, 6.45) is 1.80. The van der Waals surface area contributed by atoms with Gasteiger partial charge in [-0.1, -0.05) is 11.6 Å². The summed E-state index contributed by atoms with van der Waals surface area (Å²) in [7, 11) is 0. The van der Waals surface area contributed by atoms with Crippen LogP contribution >= 0.6 is 11.6 Å². The van der Waals surface area contributed by atoms with E-state index in [0.29, 0.717) is 17.1 Å². The van der Waals surface area contributed by atoms with Crippen molar-refractivity contribution in [2.75, 3.05) is 13.2 Å². The number of hydrogen-bond donors (Lipinski definition) is 2. The molecule has 1 aromatic carbocycles. The average molecular weight is 281 g/mol. The normalized spacial score (nSPS) is 14.2. The monoisotopic (exact) mass is 280 g/mol. The van der Waals surface area contributed by atoms with Crippen molar-refractivity contribution in [3.63, 3.8) is 0 Å². The van der Waals surface area contributed by atoms with Crippen molar-refractivity contribution in [2.24, 2.45) is 5.73 Å². The molecule has 0 spiro atoms. The molecule has 0 bridgehead atoms. The Morgan fingerprint density at radius 2 is 2.26 bits per heavy atom. The molecule has 2 rings (SSSR count). The summed E-state index contributed by atoms with van der Waals surface area (Å²) in [5, 5.41) is 3.49. The Labute approximate surface area is 117 Å². The standard InChI is InChI=1S/C14H17ClN2O2/c1-14(2,8-16)17-13(18)10-5-9-6-11(15)3-4-12(9)19-7-10/h3-6H,7-8,16H2,1-2H3,(H,17,18). The van der Waals surface area contributed by atoms with Crippen LogP contribution in [0.4, 0.5) is 0 Å². The van der Waals surface area contributed by atoms with Crippen molar-refractivity contribution in [3.05, 3.63) is 34.4 Å². The quantitative estimate of drug-likeness (QED) is 0.890. The van der Waals surface area contributed by atoms with Gasteiger partial charge in [0.15, 0.2) is 0 Å². The first-order valence-electron chi connectivity index (χ1n) is 6.07. The third kappa shape index (κ3) is 3.28. The highest BCUT2D eigenvalue weighted by Gasteiger charge is 2.23. The maximum Gasteiger partial charge on any atom is 0.251 e. The predicted octanol–water partition coefficient (Wildman–Crippen LogP) is 1.97. The van der Waals surface area contributed by atoms with Crippen LogP contribution in [0, 0.1) is 0 Å². The fourth-order valence-electron chi connectivity index (χ4n) is 1.72. The van der Waals surface area contributed by atoms with Gasteiger partial charge in [-0.15, -0.1) is 0 Å². The van der Waals surface area contributed by atoms with Crippen LogP contribution in [0.3, 0.4) is 0 Å². The van der Waals surface area contributed by atoms with Crippen LogP contribution in [-0.4, -0.2) is 24.6 Å². The number of carbonyl (C=O) groups excluding carboxylic acids is 1. The van der Waals surface area contributed by atoms with Gasteiger partial charge in [0, 0.05) is 22.7 Å². The first-order chi connectivity index (χ1) is 8.91. The molecule has 3 N–H and O–H groups in total. The van der Waals surface area contributed by atoms with Gasteiger partial charge in [0.25, 0.3) is 5.91 Å². The minimum Gasteiger partial charge on any atom is -0.488 e. The molecule has 1 aliphatic heterocycles. The third-order valence-electron chi connectivity index (χ3n) is 2.94. The maximum atomic E-state index is 12.1. The lowest BCUT2D eigenvalue weighted by Crippen LogP contribution is -2.49. The SMILES string of the molecule is CC(C)(CN)NC(=O)C1=Cc2cc(Cl)ccc2OC1. The van der Waals surface area contributed by atoms with Gasteiger partial charge in [0.1, 0.15) is 12.4 Å².